The van der Waals surface area contributed by atoms with Gasteiger partial charge in [0.05, 0.1) is 22.6 Å². The second-order valence-corrected chi connectivity index (χ2v) is 6.50. The molecule has 0 spiro atoms. The molecule has 0 saturated carbocycles. The van der Waals surface area contributed by atoms with Gasteiger partial charge in [-0.15, -0.1) is 0 Å². The van der Waals surface area contributed by atoms with Crippen molar-refractivity contribution < 1.29 is 9.18 Å². The lowest BCUT2D eigenvalue weighted by Gasteiger charge is -2.09. The summed E-state index contributed by atoms with van der Waals surface area (Å²) in [5, 5.41) is 2.83. The van der Waals surface area contributed by atoms with E-state index in [9.17, 15) is 9.18 Å². The van der Waals surface area contributed by atoms with Crippen LogP contribution in [0.4, 0.5) is 4.39 Å². The third-order valence-corrected chi connectivity index (χ3v) is 4.30. The number of allylic oxidation sites excluding steroid dienone is 2. The summed E-state index contributed by atoms with van der Waals surface area (Å²) in [6, 6.07) is 8.25. The highest BCUT2D eigenvalue weighted by molar-refractivity contribution is 5.94. The summed E-state index contributed by atoms with van der Waals surface area (Å²) >= 11 is 0. The van der Waals surface area contributed by atoms with E-state index in [0.717, 1.165) is 11.1 Å². The van der Waals surface area contributed by atoms with E-state index in [4.69, 9.17) is 11.5 Å². The SMILES string of the molecule is Cc1cc(CNC(=O)c2ccc(/C(N)=C/C=C\N)nc2)cnc1-c1ccnc(F)c1. The van der Waals surface area contributed by atoms with Crippen molar-refractivity contribution >= 4 is 11.6 Å². The highest BCUT2D eigenvalue weighted by atomic mass is 19.1. The summed E-state index contributed by atoms with van der Waals surface area (Å²) in [4.78, 5) is 24.5. The summed E-state index contributed by atoms with van der Waals surface area (Å²) in [6.07, 6.45) is 9.11. The molecule has 0 fully saturated rings. The molecule has 0 aliphatic heterocycles. The number of halogens is 1. The van der Waals surface area contributed by atoms with Gasteiger partial charge >= 0.3 is 0 Å². The number of hydrogen-bond acceptors (Lipinski definition) is 6. The van der Waals surface area contributed by atoms with Crippen molar-refractivity contribution in [3.8, 4) is 11.3 Å². The van der Waals surface area contributed by atoms with Crippen LogP contribution in [0, 0.1) is 12.9 Å². The van der Waals surface area contributed by atoms with E-state index < -0.39 is 5.95 Å². The predicted octanol–water partition coefficient (Wildman–Crippen LogP) is 2.69. The Balaban J connectivity index is 1.65. The molecule has 3 aromatic heterocycles. The van der Waals surface area contributed by atoms with Gasteiger partial charge in [-0.1, -0.05) is 6.07 Å². The number of hydrogen-bond donors (Lipinski definition) is 3. The number of aryl methyl sites for hydroxylation is 1. The number of pyridine rings is 3. The number of nitrogens with one attached hydrogen (secondary N) is 1. The molecule has 1 amide bonds. The first-order chi connectivity index (χ1) is 14.5. The first-order valence-corrected chi connectivity index (χ1v) is 9.14. The van der Waals surface area contributed by atoms with Gasteiger partial charge in [0, 0.05) is 36.8 Å². The molecule has 3 heterocycles. The van der Waals surface area contributed by atoms with E-state index in [1.807, 2.05) is 13.0 Å². The van der Waals surface area contributed by atoms with Gasteiger partial charge in [0.2, 0.25) is 5.95 Å². The van der Waals surface area contributed by atoms with Crippen molar-refractivity contribution in [3.63, 3.8) is 0 Å². The Morgan fingerprint density at radius 3 is 2.67 bits per heavy atom. The van der Waals surface area contributed by atoms with Gasteiger partial charge in [-0.25, -0.2) is 4.98 Å². The maximum absolute atomic E-state index is 13.3. The van der Waals surface area contributed by atoms with Crippen LogP contribution in [0.3, 0.4) is 0 Å². The summed E-state index contributed by atoms with van der Waals surface area (Å²) in [6.45, 7) is 2.18. The largest absolute Gasteiger partial charge is 0.405 e. The molecule has 0 aliphatic carbocycles. The number of nitrogens with zero attached hydrogens (tertiary/aromatic N) is 3. The number of rotatable bonds is 6. The van der Waals surface area contributed by atoms with Crippen molar-refractivity contribution in [2.75, 3.05) is 0 Å². The molecule has 0 unspecified atom stereocenters. The molecule has 0 atom stereocenters. The Bertz CT molecular complexity index is 1110. The predicted molar refractivity (Wildman–Crippen MR) is 113 cm³/mol. The maximum Gasteiger partial charge on any atom is 0.253 e. The smallest absolute Gasteiger partial charge is 0.253 e. The Labute approximate surface area is 173 Å². The second kappa shape index (κ2) is 9.42. The third kappa shape index (κ3) is 5.05. The molecular formula is C22H21FN6O. The molecule has 30 heavy (non-hydrogen) atoms. The highest BCUT2D eigenvalue weighted by Crippen LogP contribution is 2.21. The lowest BCUT2D eigenvalue weighted by Crippen LogP contribution is -2.23. The van der Waals surface area contributed by atoms with E-state index in [-0.39, 0.29) is 5.91 Å². The Hall–Kier alpha value is -4.07. The molecule has 3 aromatic rings. The van der Waals surface area contributed by atoms with Crippen LogP contribution >= 0.6 is 0 Å². The van der Waals surface area contributed by atoms with E-state index in [1.54, 1.807) is 36.5 Å². The molecule has 0 radical (unpaired) electrons. The van der Waals surface area contributed by atoms with Gasteiger partial charge in [-0.05, 0) is 54.6 Å². The summed E-state index contributed by atoms with van der Waals surface area (Å²) in [5.74, 6) is -0.825. The average Bonchev–Trinajstić information content (AvgIpc) is 2.76. The maximum atomic E-state index is 13.3. The molecule has 0 aromatic carbocycles. The zero-order chi connectivity index (χ0) is 21.5. The quantitative estimate of drug-likeness (QED) is 0.429. The molecule has 0 bridgehead atoms. The van der Waals surface area contributed by atoms with E-state index >= 15 is 0 Å². The Morgan fingerprint density at radius 1 is 1.17 bits per heavy atom. The topological polar surface area (TPSA) is 120 Å². The van der Waals surface area contributed by atoms with Crippen LogP contribution in [-0.4, -0.2) is 20.9 Å². The zero-order valence-corrected chi connectivity index (χ0v) is 16.3. The minimum Gasteiger partial charge on any atom is -0.405 e. The lowest BCUT2D eigenvalue weighted by molar-refractivity contribution is 0.0950. The van der Waals surface area contributed by atoms with Gasteiger partial charge in [0.15, 0.2) is 0 Å². The minimum absolute atomic E-state index is 0.267. The van der Waals surface area contributed by atoms with Crippen molar-refractivity contribution in [2.24, 2.45) is 11.5 Å². The Morgan fingerprint density at radius 2 is 2.00 bits per heavy atom. The highest BCUT2D eigenvalue weighted by Gasteiger charge is 2.09. The minimum atomic E-state index is -0.558. The number of carbonyl (C=O) groups excluding carboxylic acids is 1. The molecule has 7 nitrogen and oxygen atoms in total. The number of carbonyl (C=O) groups is 1. The lowest BCUT2D eigenvalue weighted by atomic mass is 10.1. The van der Waals surface area contributed by atoms with Gasteiger partial charge in [-0.2, -0.15) is 4.39 Å². The van der Waals surface area contributed by atoms with Crippen molar-refractivity contribution in [1.29, 1.82) is 0 Å². The number of nitrogens with two attached hydrogens (primary N) is 2. The van der Waals surface area contributed by atoms with Crippen molar-refractivity contribution in [3.05, 3.63) is 95.6 Å². The van der Waals surface area contributed by atoms with E-state index in [1.165, 1.54) is 24.7 Å². The van der Waals surface area contributed by atoms with Crippen LogP contribution in [0.25, 0.3) is 17.0 Å². The summed E-state index contributed by atoms with van der Waals surface area (Å²) in [7, 11) is 0. The van der Waals surface area contributed by atoms with E-state index in [0.29, 0.717) is 34.8 Å². The van der Waals surface area contributed by atoms with Gasteiger partial charge < -0.3 is 16.8 Å². The molecule has 0 saturated heterocycles. The van der Waals surface area contributed by atoms with E-state index in [2.05, 4.69) is 20.3 Å². The summed E-state index contributed by atoms with van der Waals surface area (Å²) < 4.78 is 13.3. The van der Waals surface area contributed by atoms with Crippen molar-refractivity contribution in [1.82, 2.24) is 20.3 Å². The van der Waals surface area contributed by atoms with Gasteiger partial charge in [0.25, 0.3) is 5.91 Å². The fourth-order valence-corrected chi connectivity index (χ4v) is 2.81. The molecule has 0 aliphatic rings. The van der Waals surface area contributed by atoms with Crippen LogP contribution in [-0.2, 0) is 6.54 Å². The van der Waals surface area contributed by atoms with Crippen molar-refractivity contribution in [2.45, 2.75) is 13.5 Å². The molecule has 5 N–H and O–H groups in total. The van der Waals surface area contributed by atoms with Gasteiger partial charge in [0.1, 0.15) is 0 Å². The van der Waals surface area contributed by atoms with Crippen LogP contribution in [0.2, 0.25) is 0 Å². The van der Waals surface area contributed by atoms with Crippen LogP contribution in [0.5, 0.6) is 0 Å². The third-order valence-electron chi connectivity index (χ3n) is 4.30. The first kappa shape index (κ1) is 20.7. The van der Waals surface area contributed by atoms with Crippen LogP contribution in [0.1, 0.15) is 27.2 Å². The first-order valence-electron chi connectivity index (χ1n) is 9.14. The van der Waals surface area contributed by atoms with Gasteiger partial charge in [-0.3, -0.25) is 14.8 Å². The normalized spacial score (nSPS) is 11.6. The summed E-state index contributed by atoms with van der Waals surface area (Å²) in [5.41, 5.74) is 15.6. The monoisotopic (exact) mass is 404 g/mol. The average molecular weight is 404 g/mol. The second-order valence-electron chi connectivity index (χ2n) is 6.50. The standard InChI is InChI=1S/C22H21FN6O/c1-14-9-15(11-28-21(14)16-6-8-26-20(23)10-16)12-29-22(30)17-4-5-19(27-13-17)18(25)3-2-7-24/h2-11,13H,12,24-25H2,1H3,(H,29,30)/b7-2-,18-3-. The number of aromatic nitrogens is 3. The zero-order valence-electron chi connectivity index (χ0n) is 16.3. The molecule has 8 heteroatoms. The van der Waals surface area contributed by atoms with Crippen LogP contribution in [0.15, 0.2) is 67.3 Å². The molecule has 152 valence electrons. The fourth-order valence-electron chi connectivity index (χ4n) is 2.81. The molecular weight excluding hydrogens is 383 g/mol. The number of amides is 1. The van der Waals surface area contributed by atoms with Crippen LogP contribution < -0.4 is 16.8 Å². The fraction of sp³-hybridized carbons (Fsp3) is 0.0909. The molecule has 3 rings (SSSR count). The Kier molecular flexibility index (Phi) is 6.49.